The molecule has 1 unspecified atom stereocenters. The predicted octanol–water partition coefficient (Wildman–Crippen LogP) is 3.77. The largest absolute Gasteiger partial charge is 0.494 e. The first-order valence-corrected chi connectivity index (χ1v) is 7.95. The molecule has 0 saturated heterocycles. The zero-order valence-electron chi connectivity index (χ0n) is 11.8. The Kier molecular flexibility index (Phi) is 4.74. The standard InChI is InChI=1S/C15H22FNOS/c1-11(17-10-15(19-3)7-4-8-15)12-5-6-14(18-2)13(16)9-12/h5-6,9,11,17H,4,7-8,10H2,1-3H3. The number of methoxy groups -OCH3 is 1. The van der Waals surface area contributed by atoms with Crippen molar-refractivity contribution in [3.63, 3.8) is 0 Å². The van der Waals surface area contributed by atoms with Crippen LogP contribution in [0.4, 0.5) is 4.39 Å². The first kappa shape index (κ1) is 14.7. The maximum absolute atomic E-state index is 13.7. The van der Waals surface area contributed by atoms with Gasteiger partial charge in [0.2, 0.25) is 0 Å². The van der Waals surface area contributed by atoms with Gasteiger partial charge in [0.05, 0.1) is 7.11 Å². The number of hydrogen-bond acceptors (Lipinski definition) is 3. The molecule has 1 aromatic carbocycles. The van der Waals surface area contributed by atoms with Crippen molar-refractivity contribution in [1.29, 1.82) is 0 Å². The average molecular weight is 283 g/mol. The van der Waals surface area contributed by atoms with Crippen LogP contribution in [0, 0.1) is 5.82 Å². The summed E-state index contributed by atoms with van der Waals surface area (Å²) in [7, 11) is 1.48. The Balaban J connectivity index is 1.96. The molecule has 0 aromatic heterocycles. The van der Waals surface area contributed by atoms with E-state index in [0.29, 0.717) is 10.5 Å². The first-order chi connectivity index (χ1) is 9.10. The zero-order chi connectivity index (χ0) is 13.9. The minimum absolute atomic E-state index is 0.157. The van der Waals surface area contributed by atoms with Crippen LogP contribution in [0.1, 0.15) is 37.8 Å². The smallest absolute Gasteiger partial charge is 0.165 e. The van der Waals surface area contributed by atoms with Crippen molar-refractivity contribution in [2.75, 3.05) is 19.9 Å². The summed E-state index contributed by atoms with van der Waals surface area (Å²) in [6.07, 6.45) is 6.07. The van der Waals surface area contributed by atoms with E-state index >= 15 is 0 Å². The molecule has 1 fully saturated rings. The summed E-state index contributed by atoms with van der Waals surface area (Å²) in [5.74, 6) is 0.00685. The zero-order valence-corrected chi connectivity index (χ0v) is 12.6. The maximum Gasteiger partial charge on any atom is 0.165 e. The molecule has 2 rings (SSSR count). The Morgan fingerprint density at radius 1 is 1.47 bits per heavy atom. The van der Waals surface area contributed by atoms with Crippen LogP contribution in [0.15, 0.2) is 18.2 Å². The lowest BCUT2D eigenvalue weighted by molar-refractivity contribution is 0.334. The van der Waals surface area contributed by atoms with E-state index in [4.69, 9.17) is 4.74 Å². The number of benzene rings is 1. The van der Waals surface area contributed by atoms with Crippen molar-refractivity contribution in [2.24, 2.45) is 0 Å². The van der Waals surface area contributed by atoms with Crippen molar-refractivity contribution in [3.05, 3.63) is 29.6 Å². The van der Waals surface area contributed by atoms with E-state index in [1.807, 2.05) is 17.8 Å². The summed E-state index contributed by atoms with van der Waals surface area (Å²) in [5, 5.41) is 3.53. The quantitative estimate of drug-likeness (QED) is 0.858. The highest BCUT2D eigenvalue weighted by molar-refractivity contribution is 8.00. The molecule has 106 valence electrons. The lowest BCUT2D eigenvalue weighted by Gasteiger charge is -2.41. The van der Waals surface area contributed by atoms with Crippen molar-refractivity contribution in [1.82, 2.24) is 5.32 Å². The molecule has 1 atom stereocenters. The molecule has 0 bridgehead atoms. The Hall–Kier alpha value is -0.740. The van der Waals surface area contributed by atoms with Crippen molar-refractivity contribution >= 4 is 11.8 Å². The third-order valence-corrected chi connectivity index (χ3v) is 5.52. The minimum atomic E-state index is -0.295. The van der Waals surface area contributed by atoms with Gasteiger partial charge in [-0.25, -0.2) is 4.39 Å². The van der Waals surface area contributed by atoms with Crippen molar-refractivity contribution < 1.29 is 9.13 Å². The van der Waals surface area contributed by atoms with Crippen LogP contribution >= 0.6 is 11.8 Å². The summed E-state index contributed by atoms with van der Waals surface area (Å²) >= 11 is 1.95. The summed E-state index contributed by atoms with van der Waals surface area (Å²) < 4.78 is 19.0. The fraction of sp³-hybridized carbons (Fsp3) is 0.600. The Labute approximate surface area is 119 Å². The minimum Gasteiger partial charge on any atom is -0.494 e. The van der Waals surface area contributed by atoms with Gasteiger partial charge in [-0.3, -0.25) is 0 Å². The second-order valence-electron chi connectivity index (χ2n) is 5.24. The summed E-state index contributed by atoms with van der Waals surface area (Å²) in [6, 6.07) is 5.33. The first-order valence-electron chi connectivity index (χ1n) is 6.72. The summed E-state index contributed by atoms with van der Waals surface area (Å²) in [6.45, 7) is 3.07. The molecule has 0 aliphatic heterocycles. The van der Waals surface area contributed by atoms with E-state index in [1.54, 1.807) is 12.1 Å². The number of ether oxygens (including phenoxy) is 1. The molecule has 19 heavy (non-hydrogen) atoms. The number of hydrogen-bond donors (Lipinski definition) is 1. The fourth-order valence-electron chi connectivity index (χ4n) is 2.43. The lowest BCUT2D eigenvalue weighted by Crippen LogP contribution is -2.44. The van der Waals surface area contributed by atoms with E-state index in [1.165, 1.54) is 26.4 Å². The molecule has 1 aromatic rings. The summed E-state index contributed by atoms with van der Waals surface area (Å²) in [4.78, 5) is 0. The van der Waals surface area contributed by atoms with Gasteiger partial charge in [0.1, 0.15) is 0 Å². The van der Waals surface area contributed by atoms with Crippen molar-refractivity contribution in [3.8, 4) is 5.75 Å². The average Bonchev–Trinajstić information content (AvgIpc) is 2.37. The molecule has 4 heteroatoms. The second kappa shape index (κ2) is 6.14. The SMILES string of the molecule is COc1ccc(C(C)NCC2(SC)CCC2)cc1F. The van der Waals surface area contributed by atoms with Gasteiger partial charge in [-0.2, -0.15) is 11.8 Å². The van der Waals surface area contributed by atoms with Gasteiger partial charge < -0.3 is 10.1 Å². The normalized spacial score (nSPS) is 18.7. The van der Waals surface area contributed by atoms with E-state index in [-0.39, 0.29) is 11.9 Å². The van der Waals surface area contributed by atoms with Crippen LogP contribution in [-0.4, -0.2) is 24.7 Å². The van der Waals surface area contributed by atoms with Crippen LogP contribution in [0.5, 0.6) is 5.75 Å². The Bertz CT molecular complexity index is 429. The van der Waals surface area contributed by atoms with Gasteiger partial charge in [0, 0.05) is 17.3 Å². The molecule has 1 aliphatic carbocycles. The number of halogens is 1. The third-order valence-electron chi connectivity index (χ3n) is 4.10. The number of nitrogens with one attached hydrogen (secondary N) is 1. The highest BCUT2D eigenvalue weighted by Gasteiger charge is 2.35. The van der Waals surface area contributed by atoms with Gasteiger partial charge in [0.15, 0.2) is 11.6 Å². The van der Waals surface area contributed by atoms with Gasteiger partial charge in [-0.05, 0) is 43.7 Å². The molecule has 0 spiro atoms. The molecule has 0 heterocycles. The molecular weight excluding hydrogens is 261 g/mol. The Morgan fingerprint density at radius 2 is 2.21 bits per heavy atom. The maximum atomic E-state index is 13.7. The highest BCUT2D eigenvalue weighted by atomic mass is 32.2. The van der Waals surface area contributed by atoms with Crippen LogP contribution in [-0.2, 0) is 0 Å². The van der Waals surface area contributed by atoms with Crippen LogP contribution in [0.3, 0.4) is 0 Å². The molecule has 1 aliphatic rings. The van der Waals surface area contributed by atoms with E-state index < -0.39 is 0 Å². The fourth-order valence-corrected chi connectivity index (χ4v) is 3.36. The molecule has 1 saturated carbocycles. The van der Waals surface area contributed by atoms with E-state index in [0.717, 1.165) is 12.1 Å². The molecule has 0 radical (unpaired) electrons. The highest BCUT2D eigenvalue weighted by Crippen LogP contribution is 2.42. The predicted molar refractivity (Wildman–Crippen MR) is 79.5 cm³/mol. The van der Waals surface area contributed by atoms with E-state index in [9.17, 15) is 4.39 Å². The third kappa shape index (κ3) is 3.23. The Morgan fingerprint density at radius 3 is 2.68 bits per heavy atom. The molecule has 2 nitrogen and oxygen atoms in total. The van der Waals surface area contributed by atoms with Crippen LogP contribution in [0.25, 0.3) is 0 Å². The number of thioether (sulfide) groups is 1. The van der Waals surface area contributed by atoms with E-state index in [2.05, 4.69) is 18.5 Å². The van der Waals surface area contributed by atoms with Crippen molar-refractivity contribution in [2.45, 2.75) is 37.0 Å². The monoisotopic (exact) mass is 283 g/mol. The van der Waals surface area contributed by atoms with Gasteiger partial charge in [0.25, 0.3) is 0 Å². The molecular formula is C15H22FNOS. The second-order valence-corrected chi connectivity index (χ2v) is 6.51. The van der Waals surface area contributed by atoms with Gasteiger partial charge in [-0.1, -0.05) is 12.5 Å². The molecule has 1 N–H and O–H groups in total. The summed E-state index contributed by atoms with van der Waals surface area (Å²) in [5.41, 5.74) is 0.967. The topological polar surface area (TPSA) is 21.3 Å². The van der Waals surface area contributed by atoms with Crippen LogP contribution < -0.4 is 10.1 Å². The molecule has 0 amide bonds. The lowest BCUT2D eigenvalue weighted by atomic mass is 9.84. The van der Waals surface area contributed by atoms with Gasteiger partial charge >= 0.3 is 0 Å². The number of rotatable bonds is 6. The van der Waals surface area contributed by atoms with Gasteiger partial charge in [-0.15, -0.1) is 0 Å². The van der Waals surface area contributed by atoms with Crippen LogP contribution in [0.2, 0.25) is 0 Å².